The van der Waals surface area contributed by atoms with E-state index in [4.69, 9.17) is 0 Å². The number of hydrogen-bond donors (Lipinski definition) is 2. The number of rotatable bonds is 4. The third kappa shape index (κ3) is 2.46. The first-order valence-electron chi connectivity index (χ1n) is 5.95. The summed E-state index contributed by atoms with van der Waals surface area (Å²) in [7, 11) is 0. The highest BCUT2D eigenvalue weighted by molar-refractivity contribution is 7.12. The summed E-state index contributed by atoms with van der Waals surface area (Å²) in [6, 6.07) is 7.79. The van der Waals surface area contributed by atoms with Gasteiger partial charge in [0.25, 0.3) is 5.91 Å². The van der Waals surface area contributed by atoms with Gasteiger partial charge in [-0.2, -0.15) is 0 Å². The van der Waals surface area contributed by atoms with Gasteiger partial charge in [-0.3, -0.25) is 4.79 Å². The van der Waals surface area contributed by atoms with Gasteiger partial charge in [0.15, 0.2) is 0 Å². The molecule has 3 aromatic heterocycles. The maximum atomic E-state index is 12.2. The van der Waals surface area contributed by atoms with E-state index in [0.717, 1.165) is 16.1 Å². The molecule has 3 rings (SSSR count). The van der Waals surface area contributed by atoms with E-state index in [-0.39, 0.29) is 5.91 Å². The van der Waals surface area contributed by atoms with Crippen molar-refractivity contribution in [2.45, 2.75) is 6.54 Å². The van der Waals surface area contributed by atoms with E-state index < -0.39 is 0 Å². The van der Waals surface area contributed by atoms with Gasteiger partial charge < -0.3 is 14.9 Å². The van der Waals surface area contributed by atoms with Crippen molar-refractivity contribution >= 4 is 17.2 Å². The van der Waals surface area contributed by atoms with Crippen LogP contribution in [-0.4, -0.2) is 15.5 Å². The first-order chi connectivity index (χ1) is 9.34. The van der Waals surface area contributed by atoms with E-state index in [2.05, 4.69) is 10.3 Å². The van der Waals surface area contributed by atoms with E-state index in [1.807, 2.05) is 59.0 Å². The van der Waals surface area contributed by atoms with Gasteiger partial charge in [0, 0.05) is 31.3 Å². The molecule has 0 aromatic carbocycles. The molecular weight excluding hydrogens is 258 g/mol. The lowest BCUT2D eigenvalue weighted by molar-refractivity contribution is 0.0955. The fourth-order valence-corrected chi connectivity index (χ4v) is 2.71. The molecule has 96 valence electrons. The van der Waals surface area contributed by atoms with E-state index >= 15 is 0 Å². The van der Waals surface area contributed by atoms with Crippen LogP contribution >= 0.6 is 11.3 Å². The molecule has 3 aromatic rings. The molecule has 0 atom stereocenters. The van der Waals surface area contributed by atoms with Crippen LogP contribution < -0.4 is 5.32 Å². The third-order valence-electron chi connectivity index (χ3n) is 2.85. The summed E-state index contributed by atoms with van der Waals surface area (Å²) in [6.45, 7) is 0.533. The van der Waals surface area contributed by atoms with Gasteiger partial charge in [0.05, 0.1) is 5.69 Å². The van der Waals surface area contributed by atoms with Crippen molar-refractivity contribution < 1.29 is 4.79 Å². The molecule has 0 saturated carbocycles. The predicted octanol–water partition coefficient (Wildman–Crippen LogP) is 2.80. The molecule has 0 saturated heterocycles. The normalized spacial score (nSPS) is 10.5. The summed E-state index contributed by atoms with van der Waals surface area (Å²) in [5.74, 6) is -0.0418. The highest BCUT2D eigenvalue weighted by Crippen LogP contribution is 2.21. The van der Waals surface area contributed by atoms with Crippen molar-refractivity contribution in [1.82, 2.24) is 14.9 Å². The van der Waals surface area contributed by atoms with E-state index in [1.54, 1.807) is 0 Å². The number of nitrogens with zero attached hydrogens (tertiary/aromatic N) is 1. The number of aromatic amines is 1. The van der Waals surface area contributed by atoms with E-state index in [9.17, 15) is 4.79 Å². The van der Waals surface area contributed by atoms with Crippen LogP contribution in [0.15, 0.2) is 54.4 Å². The Morgan fingerprint density at radius 3 is 2.89 bits per heavy atom. The van der Waals surface area contributed by atoms with Crippen molar-refractivity contribution in [2.24, 2.45) is 0 Å². The number of aromatic nitrogens is 2. The molecule has 5 heteroatoms. The minimum atomic E-state index is -0.0418. The van der Waals surface area contributed by atoms with Crippen molar-refractivity contribution in [3.05, 3.63) is 64.9 Å². The maximum absolute atomic E-state index is 12.2. The zero-order valence-corrected chi connectivity index (χ0v) is 11.0. The molecule has 0 aliphatic rings. The van der Waals surface area contributed by atoms with E-state index in [1.165, 1.54) is 11.3 Å². The summed E-state index contributed by atoms with van der Waals surface area (Å²) < 4.78 is 1.95. The molecule has 0 spiro atoms. The minimum Gasteiger partial charge on any atom is -0.367 e. The van der Waals surface area contributed by atoms with Crippen LogP contribution in [0.2, 0.25) is 0 Å². The van der Waals surface area contributed by atoms with Gasteiger partial charge >= 0.3 is 0 Å². The Bertz CT molecular complexity index is 653. The molecule has 3 heterocycles. The molecule has 0 unspecified atom stereocenters. The Labute approximate surface area is 114 Å². The molecule has 2 N–H and O–H groups in total. The molecule has 4 nitrogen and oxygen atoms in total. The second-order valence-corrected chi connectivity index (χ2v) is 5.04. The Balaban J connectivity index is 1.75. The average molecular weight is 271 g/mol. The van der Waals surface area contributed by atoms with Gasteiger partial charge in [-0.05, 0) is 35.2 Å². The zero-order valence-electron chi connectivity index (χ0n) is 10.2. The average Bonchev–Trinajstić information content (AvgIpc) is 3.14. The number of nitrogens with one attached hydrogen (secondary N) is 2. The molecule has 19 heavy (non-hydrogen) atoms. The van der Waals surface area contributed by atoms with Gasteiger partial charge in [-0.15, -0.1) is 11.3 Å². The fourth-order valence-electron chi connectivity index (χ4n) is 1.90. The lowest BCUT2D eigenvalue weighted by Gasteiger charge is -2.06. The Morgan fingerprint density at radius 1 is 1.32 bits per heavy atom. The van der Waals surface area contributed by atoms with Crippen LogP contribution in [0.5, 0.6) is 0 Å². The summed E-state index contributed by atoms with van der Waals surface area (Å²) >= 11 is 1.45. The topological polar surface area (TPSA) is 49.8 Å². The first kappa shape index (κ1) is 11.8. The highest BCUT2D eigenvalue weighted by atomic mass is 32.1. The van der Waals surface area contributed by atoms with Crippen molar-refractivity contribution in [1.29, 1.82) is 0 Å². The number of carbonyl (C=O) groups is 1. The zero-order chi connectivity index (χ0) is 13.1. The van der Waals surface area contributed by atoms with Crippen molar-refractivity contribution in [2.75, 3.05) is 0 Å². The molecule has 1 amide bonds. The number of H-pyrrole nitrogens is 1. The van der Waals surface area contributed by atoms with Crippen LogP contribution in [0.3, 0.4) is 0 Å². The van der Waals surface area contributed by atoms with Gasteiger partial charge in [0.2, 0.25) is 0 Å². The second kappa shape index (κ2) is 5.16. The van der Waals surface area contributed by atoms with Crippen LogP contribution in [0.1, 0.15) is 15.2 Å². The fraction of sp³-hybridized carbons (Fsp3) is 0.0714. The smallest absolute Gasteiger partial charge is 0.263 e. The highest BCUT2D eigenvalue weighted by Gasteiger charge is 2.13. The number of thiophene rings is 1. The first-order valence-corrected chi connectivity index (χ1v) is 6.83. The molecule has 0 aliphatic heterocycles. The van der Waals surface area contributed by atoms with Crippen LogP contribution in [0, 0.1) is 0 Å². The van der Waals surface area contributed by atoms with Gasteiger partial charge in [-0.1, -0.05) is 0 Å². The SMILES string of the molecule is O=C(NCc1cc[nH]c1)c1sccc1-n1cccc1. The van der Waals surface area contributed by atoms with Crippen molar-refractivity contribution in [3.63, 3.8) is 0 Å². The molecule has 0 radical (unpaired) electrons. The largest absolute Gasteiger partial charge is 0.367 e. The predicted molar refractivity (Wildman–Crippen MR) is 75.6 cm³/mol. The van der Waals surface area contributed by atoms with Gasteiger partial charge in [-0.25, -0.2) is 0 Å². The minimum absolute atomic E-state index is 0.0418. The summed E-state index contributed by atoms with van der Waals surface area (Å²) in [6.07, 6.45) is 7.59. The second-order valence-electron chi connectivity index (χ2n) is 4.13. The summed E-state index contributed by atoms with van der Waals surface area (Å²) in [5.41, 5.74) is 1.98. The monoisotopic (exact) mass is 271 g/mol. The Kier molecular flexibility index (Phi) is 3.20. The standard InChI is InChI=1S/C14H13N3OS/c18-14(16-10-11-3-5-15-9-11)13-12(4-8-19-13)17-6-1-2-7-17/h1-9,15H,10H2,(H,16,18). The maximum Gasteiger partial charge on any atom is 0.263 e. The third-order valence-corrected chi connectivity index (χ3v) is 3.75. The lowest BCUT2D eigenvalue weighted by Crippen LogP contribution is -2.22. The molecular formula is C14H13N3OS. The summed E-state index contributed by atoms with van der Waals surface area (Å²) in [5, 5.41) is 4.86. The van der Waals surface area contributed by atoms with Crippen molar-refractivity contribution in [3.8, 4) is 5.69 Å². The quantitative estimate of drug-likeness (QED) is 0.753. The number of amides is 1. The van der Waals surface area contributed by atoms with E-state index in [0.29, 0.717) is 6.54 Å². The number of hydrogen-bond acceptors (Lipinski definition) is 2. The summed E-state index contributed by atoms with van der Waals surface area (Å²) in [4.78, 5) is 15.9. The number of carbonyl (C=O) groups excluding carboxylic acids is 1. The Hall–Kier alpha value is -2.27. The molecule has 0 fully saturated rings. The Morgan fingerprint density at radius 2 is 2.16 bits per heavy atom. The molecule has 0 aliphatic carbocycles. The lowest BCUT2D eigenvalue weighted by atomic mass is 10.3. The van der Waals surface area contributed by atoms with Crippen LogP contribution in [0.25, 0.3) is 5.69 Å². The molecule has 0 bridgehead atoms. The van der Waals surface area contributed by atoms with Crippen LogP contribution in [0.4, 0.5) is 0 Å². The van der Waals surface area contributed by atoms with Gasteiger partial charge in [0.1, 0.15) is 4.88 Å². The van der Waals surface area contributed by atoms with Crippen LogP contribution in [-0.2, 0) is 6.54 Å².